The van der Waals surface area contributed by atoms with Gasteiger partial charge in [0, 0.05) is 6.54 Å². The third-order valence-corrected chi connectivity index (χ3v) is 2.80. The Hall–Kier alpha value is -1.02. The molecule has 0 saturated carbocycles. The van der Waals surface area contributed by atoms with Crippen LogP contribution >= 0.6 is 0 Å². The van der Waals surface area contributed by atoms with Crippen LogP contribution in [0.3, 0.4) is 0 Å². The number of nitrogens with one attached hydrogen (secondary N) is 1. The molecule has 2 nitrogen and oxygen atoms in total. The van der Waals surface area contributed by atoms with Gasteiger partial charge in [-0.25, -0.2) is 0 Å². The third kappa shape index (κ3) is 5.22. The SMILES string of the molecule is CCCCNCC(C)Oc1ccc(C)cc1C. The predicted molar refractivity (Wildman–Crippen MR) is 73.8 cm³/mol. The molecule has 2 heteroatoms. The van der Waals surface area contributed by atoms with E-state index in [0.29, 0.717) is 0 Å². The summed E-state index contributed by atoms with van der Waals surface area (Å²) >= 11 is 0. The van der Waals surface area contributed by atoms with Gasteiger partial charge < -0.3 is 10.1 Å². The second-order valence-corrected chi connectivity index (χ2v) is 4.76. The van der Waals surface area contributed by atoms with Gasteiger partial charge in [0.2, 0.25) is 0 Å². The van der Waals surface area contributed by atoms with Crippen molar-refractivity contribution in [2.45, 2.75) is 46.6 Å². The molecule has 0 aliphatic carbocycles. The molecule has 0 amide bonds. The van der Waals surface area contributed by atoms with Crippen molar-refractivity contribution in [3.05, 3.63) is 29.3 Å². The molecule has 0 aromatic heterocycles. The number of hydrogen-bond acceptors (Lipinski definition) is 2. The van der Waals surface area contributed by atoms with Crippen LogP contribution in [-0.2, 0) is 0 Å². The lowest BCUT2D eigenvalue weighted by atomic mass is 10.1. The second-order valence-electron chi connectivity index (χ2n) is 4.76. The summed E-state index contributed by atoms with van der Waals surface area (Å²) in [5.41, 5.74) is 2.49. The zero-order valence-corrected chi connectivity index (χ0v) is 11.5. The summed E-state index contributed by atoms with van der Waals surface area (Å²) in [7, 11) is 0. The number of aryl methyl sites for hydroxylation is 2. The molecule has 1 aromatic rings. The first-order valence-electron chi connectivity index (χ1n) is 6.58. The molecule has 1 unspecified atom stereocenters. The monoisotopic (exact) mass is 235 g/mol. The maximum Gasteiger partial charge on any atom is 0.122 e. The van der Waals surface area contributed by atoms with E-state index in [9.17, 15) is 0 Å². The summed E-state index contributed by atoms with van der Waals surface area (Å²) in [5, 5.41) is 3.41. The van der Waals surface area contributed by atoms with Crippen LogP contribution in [0.5, 0.6) is 5.75 Å². The first-order valence-corrected chi connectivity index (χ1v) is 6.58. The highest BCUT2D eigenvalue weighted by molar-refractivity contribution is 5.35. The van der Waals surface area contributed by atoms with Crippen molar-refractivity contribution in [2.24, 2.45) is 0 Å². The van der Waals surface area contributed by atoms with Gasteiger partial charge in [-0.1, -0.05) is 31.0 Å². The summed E-state index contributed by atoms with van der Waals surface area (Å²) in [5.74, 6) is 1.00. The van der Waals surface area contributed by atoms with Crippen molar-refractivity contribution in [1.29, 1.82) is 0 Å². The van der Waals surface area contributed by atoms with Crippen LogP contribution < -0.4 is 10.1 Å². The Bertz CT molecular complexity index is 336. The molecule has 0 fully saturated rings. The lowest BCUT2D eigenvalue weighted by molar-refractivity contribution is 0.216. The van der Waals surface area contributed by atoms with Gasteiger partial charge in [0.05, 0.1) is 0 Å². The molecule has 1 rings (SSSR count). The van der Waals surface area contributed by atoms with E-state index in [0.717, 1.165) is 18.8 Å². The molecular formula is C15H25NO. The van der Waals surface area contributed by atoms with Crippen molar-refractivity contribution in [2.75, 3.05) is 13.1 Å². The van der Waals surface area contributed by atoms with Gasteiger partial charge in [0.25, 0.3) is 0 Å². The van der Waals surface area contributed by atoms with Gasteiger partial charge >= 0.3 is 0 Å². The third-order valence-electron chi connectivity index (χ3n) is 2.80. The molecule has 17 heavy (non-hydrogen) atoms. The summed E-state index contributed by atoms with van der Waals surface area (Å²) in [6, 6.07) is 6.32. The maximum absolute atomic E-state index is 5.92. The molecule has 0 bridgehead atoms. The molecule has 96 valence electrons. The second kappa shape index (κ2) is 7.33. The van der Waals surface area contributed by atoms with Gasteiger partial charge in [-0.15, -0.1) is 0 Å². The number of rotatable bonds is 7. The van der Waals surface area contributed by atoms with Crippen LogP contribution in [0.1, 0.15) is 37.8 Å². The molecule has 1 atom stereocenters. The molecule has 1 N–H and O–H groups in total. The lowest BCUT2D eigenvalue weighted by Crippen LogP contribution is -2.29. The standard InChI is InChI=1S/C15H25NO/c1-5-6-9-16-11-14(4)17-15-8-7-12(2)10-13(15)3/h7-8,10,14,16H,5-6,9,11H2,1-4H3. The predicted octanol–water partition coefficient (Wildman–Crippen LogP) is 3.46. The fourth-order valence-electron chi connectivity index (χ4n) is 1.80. The maximum atomic E-state index is 5.92. The Kier molecular flexibility index (Phi) is 6.06. The highest BCUT2D eigenvalue weighted by atomic mass is 16.5. The van der Waals surface area contributed by atoms with Crippen molar-refractivity contribution in [3.63, 3.8) is 0 Å². The molecule has 0 radical (unpaired) electrons. The first kappa shape index (κ1) is 14.0. The van der Waals surface area contributed by atoms with E-state index in [1.807, 2.05) is 0 Å². The average Bonchev–Trinajstić information content (AvgIpc) is 2.28. The van der Waals surface area contributed by atoms with Crippen LogP contribution in [-0.4, -0.2) is 19.2 Å². The number of ether oxygens (including phenoxy) is 1. The molecule has 0 spiro atoms. The van der Waals surface area contributed by atoms with E-state index in [-0.39, 0.29) is 6.10 Å². The first-order chi connectivity index (χ1) is 8.13. The average molecular weight is 235 g/mol. The van der Waals surface area contributed by atoms with Crippen molar-refractivity contribution in [1.82, 2.24) is 5.32 Å². The summed E-state index contributed by atoms with van der Waals surface area (Å²) in [4.78, 5) is 0. The normalized spacial score (nSPS) is 12.5. The molecular weight excluding hydrogens is 210 g/mol. The smallest absolute Gasteiger partial charge is 0.122 e. The van der Waals surface area contributed by atoms with Crippen LogP contribution in [0.4, 0.5) is 0 Å². The quantitative estimate of drug-likeness (QED) is 0.731. The Morgan fingerprint density at radius 2 is 2.06 bits per heavy atom. The minimum Gasteiger partial charge on any atom is -0.489 e. The van der Waals surface area contributed by atoms with Crippen LogP contribution in [0, 0.1) is 13.8 Å². The molecule has 0 saturated heterocycles. The topological polar surface area (TPSA) is 21.3 Å². The van der Waals surface area contributed by atoms with E-state index >= 15 is 0 Å². The summed E-state index contributed by atoms with van der Waals surface area (Å²) < 4.78 is 5.92. The highest BCUT2D eigenvalue weighted by Gasteiger charge is 2.05. The van der Waals surface area contributed by atoms with Gasteiger partial charge in [0.15, 0.2) is 0 Å². The van der Waals surface area contributed by atoms with E-state index in [2.05, 4.69) is 51.2 Å². The zero-order chi connectivity index (χ0) is 12.7. The Morgan fingerprint density at radius 1 is 1.29 bits per heavy atom. The van der Waals surface area contributed by atoms with Gasteiger partial charge in [-0.3, -0.25) is 0 Å². The Morgan fingerprint density at radius 3 is 2.71 bits per heavy atom. The van der Waals surface area contributed by atoms with E-state index in [1.54, 1.807) is 0 Å². The van der Waals surface area contributed by atoms with E-state index in [4.69, 9.17) is 4.74 Å². The molecule has 1 aromatic carbocycles. The Balaban J connectivity index is 2.37. The van der Waals surface area contributed by atoms with Crippen LogP contribution in [0.15, 0.2) is 18.2 Å². The van der Waals surface area contributed by atoms with Crippen molar-refractivity contribution < 1.29 is 4.74 Å². The molecule has 0 aliphatic heterocycles. The highest BCUT2D eigenvalue weighted by Crippen LogP contribution is 2.19. The summed E-state index contributed by atoms with van der Waals surface area (Å²) in [6.07, 6.45) is 2.68. The van der Waals surface area contributed by atoms with Crippen molar-refractivity contribution >= 4 is 0 Å². The lowest BCUT2D eigenvalue weighted by Gasteiger charge is -2.17. The van der Waals surface area contributed by atoms with E-state index in [1.165, 1.54) is 24.0 Å². The summed E-state index contributed by atoms with van der Waals surface area (Å²) in [6.45, 7) is 10.5. The van der Waals surface area contributed by atoms with Gasteiger partial charge in [-0.2, -0.15) is 0 Å². The molecule has 0 heterocycles. The molecule has 0 aliphatic rings. The van der Waals surface area contributed by atoms with E-state index < -0.39 is 0 Å². The minimum absolute atomic E-state index is 0.216. The van der Waals surface area contributed by atoms with Crippen LogP contribution in [0.25, 0.3) is 0 Å². The number of hydrogen-bond donors (Lipinski definition) is 1. The Labute approximate surface area is 105 Å². The van der Waals surface area contributed by atoms with Gasteiger partial charge in [-0.05, 0) is 45.4 Å². The van der Waals surface area contributed by atoms with Crippen LogP contribution in [0.2, 0.25) is 0 Å². The van der Waals surface area contributed by atoms with Crippen molar-refractivity contribution in [3.8, 4) is 5.75 Å². The minimum atomic E-state index is 0.216. The fourth-order valence-corrected chi connectivity index (χ4v) is 1.80. The fraction of sp³-hybridized carbons (Fsp3) is 0.600. The number of unbranched alkanes of at least 4 members (excludes halogenated alkanes) is 1. The zero-order valence-electron chi connectivity index (χ0n) is 11.5. The largest absolute Gasteiger partial charge is 0.489 e. The number of benzene rings is 1. The van der Waals surface area contributed by atoms with Gasteiger partial charge in [0.1, 0.15) is 11.9 Å².